The summed E-state index contributed by atoms with van der Waals surface area (Å²) in [6.07, 6.45) is 1.93. The van der Waals surface area contributed by atoms with E-state index in [1.807, 2.05) is 18.0 Å². The van der Waals surface area contributed by atoms with Crippen molar-refractivity contribution in [2.45, 2.75) is 38.0 Å². The van der Waals surface area contributed by atoms with Gasteiger partial charge in [-0.25, -0.2) is 4.98 Å². The molecule has 0 spiro atoms. The van der Waals surface area contributed by atoms with Gasteiger partial charge in [0.05, 0.1) is 5.75 Å². The number of imidazole rings is 1. The van der Waals surface area contributed by atoms with E-state index in [4.69, 9.17) is 0 Å². The molecule has 3 nitrogen and oxygen atoms in total. The lowest BCUT2D eigenvalue weighted by Gasteiger charge is -2.05. The Balaban J connectivity index is 1.80. The van der Waals surface area contributed by atoms with Crippen molar-refractivity contribution in [3.63, 3.8) is 0 Å². The van der Waals surface area contributed by atoms with Gasteiger partial charge in [-0.3, -0.25) is 0 Å². The zero-order valence-electron chi connectivity index (χ0n) is 12.4. The summed E-state index contributed by atoms with van der Waals surface area (Å²) in [5.41, 5.74) is 2.46. The predicted octanol–water partition coefficient (Wildman–Crippen LogP) is 3.76. The zero-order valence-corrected chi connectivity index (χ0v) is 13.3. The van der Waals surface area contributed by atoms with Crippen LogP contribution in [-0.4, -0.2) is 16.5 Å². The Labute approximate surface area is 125 Å². The molecule has 1 heterocycles. The van der Waals surface area contributed by atoms with Crippen LogP contribution in [0.25, 0.3) is 0 Å². The molecular formula is C16H23N3S. The van der Waals surface area contributed by atoms with E-state index in [1.165, 1.54) is 10.5 Å². The van der Waals surface area contributed by atoms with Gasteiger partial charge in [0.1, 0.15) is 5.82 Å². The molecule has 0 radical (unpaired) electrons. The van der Waals surface area contributed by atoms with Gasteiger partial charge in [-0.05, 0) is 31.5 Å². The van der Waals surface area contributed by atoms with Crippen LogP contribution in [0.3, 0.4) is 0 Å². The van der Waals surface area contributed by atoms with Crippen molar-refractivity contribution in [1.82, 2.24) is 15.3 Å². The number of nitrogens with zero attached hydrogens (tertiary/aromatic N) is 1. The molecule has 20 heavy (non-hydrogen) atoms. The molecule has 0 unspecified atom stereocenters. The Morgan fingerprint density at radius 1 is 1.35 bits per heavy atom. The molecule has 4 heteroatoms. The maximum Gasteiger partial charge on any atom is 0.116 e. The summed E-state index contributed by atoms with van der Waals surface area (Å²) in [5, 5.41) is 3.42. The van der Waals surface area contributed by atoms with Gasteiger partial charge in [-0.2, -0.15) is 0 Å². The Morgan fingerprint density at radius 2 is 2.20 bits per heavy atom. The highest BCUT2D eigenvalue weighted by atomic mass is 32.2. The summed E-state index contributed by atoms with van der Waals surface area (Å²) < 4.78 is 0. The van der Waals surface area contributed by atoms with Gasteiger partial charge in [0.25, 0.3) is 0 Å². The third kappa shape index (κ3) is 5.02. The fourth-order valence-electron chi connectivity index (χ4n) is 1.92. The highest BCUT2D eigenvalue weighted by Crippen LogP contribution is 2.22. The standard InChI is InChI=1S/C16H23N3S/c1-12(2)8-17-9-14-10-18-16(19-14)11-20-15-6-4-5-13(3)7-15/h4-7,10,12,17H,8-9,11H2,1-3H3,(H,18,19). The van der Waals surface area contributed by atoms with E-state index < -0.39 is 0 Å². The quantitative estimate of drug-likeness (QED) is 0.763. The van der Waals surface area contributed by atoms with Gasteiger partial charge < -0.3 is 10.3 Å². The van der Waals surface area contributed by atoms with E-state index in [0.717, 1.165) is 30.4 Å². The van der Waals surface area contributed by atoms with Crippen LogP contribution in [0.4, 0.5) is 0 Å². The van der Waals surface area contributed by atoms with E-state index in [9.17, 15) is 0 Å². The lowest BCUT2D eigenvalue weighted by atomic mass is 10.2. The minimum atomic E-state index is 0.675. The topological polar surface area (TPSA) is 40.7 Å². The molecule has 0 fully saturated rings. The minimum Gasteiger partial charge on any atom is -0.344 e. The molecule has 2 aromatic rings. The first-order valence-corrected chi connectivity index (χ1v) is 8.05. The average molecular weight is 289 g/mol. The fourth-order valence-corrected chi connectivity index (χ4v) is 2.82. The second-order valence-electron chi connectivity index (χ2n) is 5.49. The third-order valence-corrected chi connectivity index (χ3v) is 3.92. The Morgan fingerprint density at radius 3 is 2.95 bits per heavy atom. The van der Waals surface area contributed by atoms with Crippen LogP contribution in [0.5, 0.6) is 0 Å². The van der Waals surface area contributed by atoms with E-state index in [2.05, 4.69) is 60.3 Å². The molecule has 0 amide bonds. The summed E-state index contributed by atoms with van der Waals surface area (Å²) >= 11 is 1.82. The van der Waals surface area contributed by atoms with Crippen LogP contribution in [0.15, 0.2) is 35.4 Å². The first kappa shape index (κ1) is 15.1. The van der Waals surface area contributed by atoms with Crippen molar-refractivity contribution < 1.29 is 0 Å². The molecule has 0 atom stereocenters. The normalized spacial score (nSPS) is 11.2. The largest absolute Gasteiger partial charge is 0.344 e. The Bertz CT molecular complexity index is 534. The van der Waals surface area contributed by atoms with Crippen LogP contribution >= 0.6 is 11.8 Å². The van der Waals surface area contributed by atoms with E-state index in [0.29, 0.717) is 5.92 Å². The van der Waals surface area contributed by atoms with Crippen molar-refractivity contribution in [2.24, 2.45) is 5.92 Å². The molecule has 0 saturated heterocycles. The third-order valence-electron chi connectivity index (χ3n) is 2.91. The van der Waals surface area contributed by atoms with Gasteiger partial charge in [0, 0.05) is 23.3 Å². The monoisotopic (exact) mass is 289 g/mol. The van der Waals surface area contributed by atoms with Crippen LogP contribution in [0.1, 0.15) is 30.9 Å². The zero-order chi connectivity index (χ0) is 14.4. The number of aromatic nitrogens is 2. The van der Waals surface area contributed by atoms with Gasteiger partial charge in [0.15, 0.2) is 0 Å². The fraction of sp³-hybridized carbons (Fsp3) is 0.438. The number of aromatic amines is 1. The minimum absolute atomic E-state index is 0.675. The van der Waals surface area contributed by atoms with Gasteiger partial charge in [-0.15, -0.1) is 11.8 Å². The van der Waals surface area contributed by atoms with E-state index in [-0.39, 0.29) is 0 Å². The smallest absolute Gasteiger partial charge is 0.116 e. The van der Waals surface area contributed by atoms with E-state index >= 15 is 0 Å². The Kier molecular flexibility index (Phi) is 5.68. The first-order chi connectivity index (χ1) is 9.63. The number of hydrogen-bond donors (Lipinski definition) is 2. The molecule has 1 aromatic carbocycles. The maximum atomic E-state index is 4.44. The SMILES string of the molecule is Cc1cccc(SCc2ncc(CNCC(C)C)[nH]2)c1. The summed E-state index contributed by atoms with van der Waals surface area (Å²) in [7, 11) is 0. The second kappa shape index (κ2) is 7.50. The highest BCUT2D eigenvalue weighted by Gasteiger charge is 2.02. The maximum absolute atomic E-state index is 4.44. The van der Waals surface area contributed by atoms with Gasteiger partial charge >= 0.3 is 0 Å². The number of hydrogen-bond acceptors (Lipinski definition) is 3. The molecule has 0 bridgehead atoms. The molecule has 1 aromatic heterocycles. The molecule has 2 rings (SSSR count). The average Bonchev–Trinajstić information content (AvgIpc) is 2.84. The number of H-pyrrole nitrogens is 1. The number of nitrogens with one attached hydrogen (secondary N) is 2. The second-order valence-corrected chi connectivity index (χ2v) is 6.53. The molecule has 2 N–H and O–H groups in total. The van der Waals surface area contributed by atoms with Gasteiger partial charge in [-0.1, -0.05) is 31.5 Å². The number of benzene rings is 1. The van der Waals surface area contributed by atoms with Crippen molar-refractivity contribution >= 4 is 11.8 Å². The summed E-state index contributed by atoms with van der Waals surface area (Å²) in [4.78, 5) is 9.10. The van der Waals surface area contributed by atoms with Crippen molar-refractivity contribution in [2.75, 3.05) is 6.54 Å². The number of thioether (sulfide) groups is 1. The molecule has 108 valence electrons. The van der Waals surface area contributed by atoms with Gasteiger partial charge in [0.2, 0.25) is 0 Å². The predicted molar refractivity (Wildman–Crippen MR) is 85.9 cm³/mol. The van der Waals surface area contributed by atoms with Crippen molar-refractivity contribution in [1.29, 1.82) is 0 Å². The first-order valence-electron chi connectivity index (χ1n) is 7.06. The summed E-state index contributed by atoms with van der Waals surface area (Å²) in [5.74, 6) is 2.60. The van der Waals surface area contributed by atoms with Crippen LogP contribution < -0.4 is 5.32 Å². The highest BCUT2D eigenvalue weighted by molar-refractivity contribution is 7.98. The van der Waals surface area contributed by atoms with Crippen molar-refractivity contribution in [3.8, 4) is 0 Å². The number of rotatable bonds is 7. The molecular weight excluding hydrogens is 266 g/mol. The Hall–Kier alpha value is -1.26. The molecule has 0 aliphatic carbocycles. The van der Waals surface area contributed by atoms with E-state index in [1.54, 1.807) is 0 Å². The summed E-state index contributed by atoms with van der Waals surface area (Å²) in [6.45, 7) is 8.44. The van der Waals surface area contributed by atoms with Crippen molar-refractivity contribution in [3.05, 3.63) is 47.5 Å². The lowest BCUT2D eigenvalue weighted by Crippen LogP contribution is -2.19. The number of aryl methyl sites for hydroxylation is 1. The van der Waals surface area contributed by atoms with Crippen LogP contribution in [-0.2, 0) is 12.3 Å². The summed E-state index contributed by atoms with van der Waals surface area (Å²) in [6, 6.07) is 8.57. The van der Waals surface area contributed by atoms with Crippen LogP contribution in [0, 0.1) is 12.8 Å². The molecule has 0 aliphatic rings. The lowest BCUT2D eigenvalue weighted by molar-refractivity contribution is 0.549. The molecule has 0 saturated carbocycles. The van der Waals surface area contributed by atoms with Crippen LogP contribution in [0.2, 0.25) is 0 Å². The molecule has 0 aliphatic heterocycles.